The highest BCUT2D eigenvalue weighted by molar-refractivity contribution is 6.30. The summed E-state index contributed by atoms with van der Waals surface area (Å²) >= 11 is 5.82. The molecule has 1 aromatic carbocycles. The molecular formula is C15H10ClN3O3. The van der Waals surface area contributed by atoms with Crippen molar-refractivity contribution in [3.05, 3.63) is 65.3 Å². The largest absolute Gasteiger partial charge is 0.452 e. The van der Waals surface area contributed by atoms with Crippen LogP contribution in [-0.4, -0.2) is 21.1 Å². The van der Waals surface area contributed by atoms with E-state index in [1.54, 1.807) is 36.4 Å². The molecule has 110 valence electrons. The van der Waals surface area contributed by atoms with E-state index in [1.807, 2.05) is 0 Å². The fourth-order valence-corrected chi connectivity index (χ4v) is 1.85. The molecule has 3 aromatic rings. The maximum Gasteiger partial charge on any atom is 0.338 e. The minimum Gasteiger partial charge on any atom is -0.452 e. The van der Waals surface area contributed by atoms with Gasteiger partial charge in [-0.25, -0.2) is 4.79 Å². The molecule has 0 aliphatic rings. The van der Waals surface area contributed by atoms with Gasteiger partial charge < -0.3 is 9.26 Å². The monoisotopic (exact) mass is 315 g/mol. The van der Waals surface area contributed by atoms with Gasteiger partial charge in [-0.15, -0.1) is 0 Å². The van der Waals surface area contributed by atoms with Gasteiger partial charge in [0.25, 0.3) is 5.89 Å². The molecule has 0 spiro atoms. The van der Waals surface area contributed by atoms with E-state index in [0.717, 1.165) is 5.56 Å². The molecule has 0 amide bonds. The first-order valence-electron chi connectivity index (χ1n) is 6.38. The summed E-state index contributed by atoms with van der Waals surface area (Å²) in [6.45, 7) is -0.0955. The number of aromatic nitrogens is 3. The molecule has 0 atom stereocenters. The van der Waals surface area contributed by atoms with Crippen LogP contribution < -0.4 is 0 Å². The highest BCUT2D eigenvalue weighted by atomic mass is 35.5. The van der Waals surface area contributed by atoms with E-state index in [4.69, 9.17) is 20.9 Å². The van der Waals surface area contributed by atoms with Gasteiger partial charge in [0.1, 0.15) is 0 Å². The smallest absolute Gasteiger partial charge is 0.338 e. The number of carbonyl (C=O) groups excluding carboxylic acids is 1. The quantitative estimate of drug-likeness (QED) is 0.688. The van der Waals surface area contributed by atoms with Gasteiger partial charge in [0, 0.05) is 23.0 Å². The summed E-state index contributed by atoms with van der Waals surface area (Å²) < 4.78 is 10.2. The Bertz CT molecular complexity index is 772. The fraction of sp³-hybridized carbons (Fsp3) is 0.0667. The number of nitrogens with zero attached hydrogens (tertiary/aromatic N) is 3. The number of hydrogen-bond acceptors (Lipinski definition) is 6. The summed E-state index contributed by atoms with van der Waals surface area (Å²) in [5.41, 5.74) is 1.17. The van der Waals surface area contributed by atoms with Gasteiger partial charge in [0.2, 0.25) is 5.82 Å². The van der Waals surface area contributed by atoms with Crippen LogP contribution in [-0.2, 0) is 11.3 Å². The summed E-state index contributed by atoms with van der Waals surface area (Å²) in [4.78, 5) is 19.8. The molecule has 0 bridgehead atoms. The SMILES string of the molecule is O=C(OCc1nc(-c2ccc(Cl)cc2)no1)c1ccncc1. The Morgan fingerprint density at radius 3 is 2.59 bits per heavy atom. The molecule has 0 unspecified atom stereocenters. The van der Waals surface area contributed by atoms with Crippen LogP contribution in [0.15, 0.2) is 53.3 Å². The second-order valence-electron chi connectivity index (χ2n) is 4.33. The molecule has 0 radical (unpaired) electrons. The fourth-order valence-electron chi connectivity index (χ4n) is 1.73. The Hall–Kier alpha value is -2.73. The van der Waals surface area contributed by atoms with Crippen LogP contribution >= 0.6 is 11.6 Å². The molecule has 2 aromatic heterocycles. The highest BCUT2D eigenvalue weighted by Gasteiger charge is 2.12. The minimum atomic E-state index is -0.478. The Morgan fingerprint density at radius 1 is 1.14 bits per heavy atom. The predicted octanol–water partition coefficient (Wildman–Crippen LogP) is 3.14. The van der Waals surface area contributed by atoms with Gasteiger partial charge >= 0.3 is 5.97 Å². The van der Waals surface area contributed by atoms with Crippen LogP contribution in [0.1, 0.15) is 16.2 Å². The van der Waals surface area contributed by atoms with Gasteiger partial charge in [0.15, 0.2) is 6.61 Å². The molecule has 0 aliphatic heterocycles. The van der Waals surface area contributed by atoms with Crippen molar-refractivity contribution in [2.45, 2.75) is 6.61 Å². The van der Waals surface area contributed by atoms with Crippen LogP contribution in [0, 0.1) is 0 Å². The highest BCUT2D eigenvalue weighted by Crippen LogP contribution is 2.18. The van der Waals surface area contributed by atoms with Crippen LogP contribution in [0.5, 0.6) is 0 Å². The molecule has 3 rings (SSSR count). The zero-order valence-electron chi connectivity index (χ0n) is 11.3. The lowest BCUT2D eigenvalue weighted by Crippen LogP contribution is -2.05. The van der Waals surface area contributed by atoms with Crippen molar-refractivity contribution in [2.75, 3.05) is 0 Å². The maximum atomic E-state index is 11.8. The van der Waals surface area contributed by atoms with E-state index in [1.165, 1.54) is 12.4 Å². The average molecular weight is 316 g/mol. The third kappa shape index (κ3) is 3.29. The molecule has 0 aliphatic carbocycles. The number of pyridine rings is 1. The molecule has 0 N–H and O–H groups in total. The molecule has 0 fully saturated rings. The third-order valence-electron chi connectivity index (χ3n) is 2.81. The van der Waals surface area contributed by atoms with Gasteiger partial charge in [-0.3, -0.25) is 4.98 Å². The molecule has 6 nitrogen and oxygen atoms in total. The molecule has 22 heavy (non-hydrogen) atoms. The van der Waals surface area contributed by atoms with Crippen molar-refractivity contribution in [3.63, 3.8) is 0 Å². The topological polar surface area (TPSA) is 78.1 Å². The third-order valence-corrected chi connectivity index (χ3v) is 3.07. The van der Waals surface area contributed by atoms with E-state index < -0.39 is 5.97 Å². The van der Waals surface area contributed by atoms with E-state index in [2.05, 4.69) is 15.1 Å². The van der Waals surface area contributed by atoms with Crippen LogP contribution in [0.4, 0.5) is 0 Å². The van der Waals surface area contributed by atoms with Crippen molar-refractivity contribution in [2.24, 2.45) is 0 Å². The summed E-state index contributed by atoms with van der Waals surface area (Å²) in [5.74, 6) is 0.146. The van der Waals surface area contributed by atoms with Gasteiger partial charge in [0.05, 0.1) is 5.56 Å². The van der Waals surface area contributed by atoms with Crippen molar-refractivity contribution in [1.82, 2.24) is 15.1 Å². The Morgan fingerprint density at radius 2 is 1.86 bits per heavy atom. The van der Waals surface area contributed by atoms with Crippen LogP contribution in [0.2, 0.25) is 5.02 Å². The molecule has 7 heteroatoms. The lowest BCUT2D eigenvalue weighted by Gasteiger charge is -2.00. The Balaban J connectivity index is 1.65. The van der Waals surface area contributed by atoms with E-state index in [9.17, 15) is 4.79 Å². The summed E-state index contributed by atoms with van der Waals surface area (Å²) in [5, 5.41) is 4.46. The second kappa shape index (κ2) is 6.36. The van der Waals surface area contributed by atoms with Crippen molar-refractivity contribution < 1.29 is 14.1 Å². The average Bonchev–Trinajstić information content (AvgIpc) is 3.03. The summed E-state index contributed by atoms with van der Waals surface area (Å²) in [6.07, 6.45) is 3.03. The van der Waals surface area contributed by atoms with E-state index in [-0.39, 0.29) is 12.5 Å². The minimum absolute atomic E-state index is 0.0955. The van der Waals surface area contributed by atoms with Crippen molar-refractivity contribution >= 4 is 17.6 Å². The number of hydrogen-bond donors (Lipinski definition) is 0. The standard InChI is InChI=1S/C15H10ClN3O3/c16-12-3-1-10(2-4-12)14-18-13(22-19-14)9-21-15(20)11-5-7-17-8-6-11/h1-8H,9H2. The number of benzene rings is 1. The molecule has 2 heterocycles. The van der Waals surface area contributed by atoms with Gasteiger partial charge in [-0.05, 0) is 36.4 Å². The van der Waals surface area contributed by atoms with Gasteiger partial charge in [-0.1, -0.05) is 16.8 Å². The first kappa shape index (κ1) is 14.2. The zero-order valence-corrected chi connectivity index (χ0v) is 12.0. The summed E-state index contributed by atoms with van der Waals surface area (Å²) in [7, 11) is 0. The van der Waals surface area contributed by atoms with Crippen molar-refractivity contribution in [1.29, 1.82) is 0 Å². The number of esters is 1. The lowest BCUT2D eigenvalue weighted by atomic mass is 10.2. The van der Waals surface area contributed by atoms with Crippen LogP contribution in [0.25, 0.3) is 11.4 Å². The number of rotatable bonds is 4. The number of ether oxygens (including phenoxy) is 1. The molecule has 0 saturated heterocycles. The normalized spacial score (nSPS) is 10.4. The lowest BCUT2D eigenvalue weighted by molar-refractivity contribution is 0.0429. The predicted molar refractivity (Wildman–Crippen MR) is 78.1 cm³/mol. The van der Waals surface area contributed by atoms with Crippen molar-refractivity contribution in [3.8, 4) is 11.4 Å². The maximum absolute atomic E-state index is 11.8. The number of carbonyl (C=O) groups is 1. The summed E-state index contributed by atoms with van der Waals surface area (Å²) in [6, 6.07) is 10.2. The first-order chi connectivity index (χ1) is 10.7. The Kier molecular flexibility index (Phi) is 4.11. The first-order valence-corrected chi connectivity index (χ1v) is 6.76. The molecular weight excluding hydrogens is 306 g/mol. The van der Waals surface area contributed by atoms with E-state index >= 15 is 0 Å². The molecule has 0 saturated carbocycles. The second-order valence-corrected chi connectivity index (χ2v) is 4.77. The zero-order chi connectivity index (χ0) is 15.4. The van der Waals surface area contributed by atoms with E-state index in [0.29, 0.717) is 16.4 Å². The number of halogens is 1. The van der Waals surface area contributed by atoms with Gasteiger partial charge in [-0.2, -0.15) is 4.98 Å². The Labute approximate surface area is 130 Å². The van der Waals surface area contributed by atoms with Crippen LogP contribution in [0.3, 0.4) is 0 Å².